The Morgan fingerprint density at radius 3 is 0.550 bits per heavy atom. The summed E-state index contributed by atoms with van der Waals surface area (Å²) >= 11 is 0. The van der Waals surface area contributed by atoms with Gasteiger partial charge in [0.25, 0.3) is 0 Å². The molecule has 7 heteroatoms. The number of allylic oxidation sites excluding steroid dienone is 6. The summed E-state index contributed by atoms with van der Waals surface area (Å²) in [5.74, 6) is 0.312. The maximum Gasteiger partial charge on any atom is 0.164 e. The first-order chi connectivity index (χ1) is 16.6. The molecule has 0 amide bonds. The van der Waals surface area contributed by atoms with Gasteiger partial charge in [-0.1, -0.05) is 125 Å². The van der Waals surface area contributed by atoms with Crippen molar-refractivity contribution in [2.75, 3.05) is 0 Å². The average molecular weight is 598 g/mol. The second-order valence-electron chi connectivity index (χ2n) is 16.2. The molecule has 0 aromatic carbocycles. The molecule has 0 rings (SSSR count). The second kappa shape index (κ2) is 16.2. The smallest absolute Gasteiger partial charge is 0.164 e. The van der Waals surface area contributed by atoms with E-state index in [2.05, 4.69) is 0 Å². The van der Waals surface area contributed by atoms with Gasteiger partial charge in [0.1, 0.15) is 17.3 Å². The zero-order valence-electron chi connectivity index (χ0n) is 28.9. The molecule has 0 aliphatic rings. The quantitative estimate of drug-likeness (QED) is 0.221. The molecule has 0 bridgehead atoms. The number of carbonyl (C=O) groups is 3. The van der Waals surface area contributed by atoms with Crippen LogP contribution in [-0.2, 0) is 40.2 Å². The van der Waals surface area contributed by atoms with Crippen molar-refractivity contribution >= 4 is 17.3 Å². The van der Waals surface area contributed by atoms with Gasteiger partial charge in [0.15, 0.2) is 17.3 Å². The minimum atomic E-state index is -0.417. The van der Waals surface area contributed by atoms with Crippen molar-refractivity contribution in [3.63, 3.8) is 0 Å². The summed E-state index contributed by atoms with van der Waals surface area (Å²) in [5.41, 5.74) is -2.29. The Morgan fingerprint density at radius 1 is 0.350 bits per heavy atom. The van der Waals surface area contributed by atoms with Gasteiger partial charge >= 0.3 is 0 Å². The standard InChI is InChI=1S/3C11H20O2.Sc/c3*1-10(2,3)8(12)7-9(13)11(4,5)6;/h3*7,12H,1-6H3;/b3*8-7-;. The molecular weight excluding hydrogens is 537 g/mol. The van der Waals surface area contributed by atoms with Crippen LogP contribution in [0.15, 0.2) is 35.5 Å². The molecule has 0 fully saturated rings. The Morgan fingerprint density at radius 2 is 0.475 bits per heavy atom. The van der Waals surface area contributed by atoms with Crippen LogP contribution in [0, 0.1) is 32.5 Å². The Balaban J connectivity index is -0.000000240. The molecule has 0 saturated carbocycles. The van der Waals surface area contributed by atoms with Gasteiger partial charge in [-0.2, -0.15) is 0 Å². The summed E-state index contributed by atoms with van der Waals surface area (Å²) in [7, 11) is 0. The molecule has 40 heavy (non-hydrogen) atoms. The minimum absolute atomic E-state index is 0. The Kier molecular flexibility index (Phi) is 18.4. The number of hydrogen-bond donors (Lipinski definition) is 3. The van der Waals surface area contributed by atoms with Crippen LogP contribution in [0.3, 0.4) is 0 Å². The monoisotopic (exact) mass is 597 g/mol. The number of aliphatic hydroxyl groups is 3. The SMILES string of the molecule is CC(C)(C)C(=O)/C=C(\O)C(C)(C)C.CC(C)(C)C(=O)/C=C(\O)C(C)(C)C.CC(C)(C)C(=O)/C=C(\O)C(C)(C)C.[Sc]. The van der Waals surface area contributed by atoms with Crippen LogP contribution < -0.4 is 0 Å². The molecule has 6 nitrogen and oxygen atoms in total. The van der Waals surface area contributed by atoms with Gasteiger partial charge in [-0.3, -0.25) is 14.4 Å². The molecule has 0 spiro atoms. The molecule has 3 N–H and O–H groups in total. The van der Waals surface area contributed by atoms with Crippen LogP contribution in [0.1, 0.15) is 125 Å². The van der Waals surface area contributed by atoms with E-state index in [0.717, 1.165) is 0 Å². The zero-order valence-corrected chi connectivity index (χ0v) is 30.7. The van der Waals surface area contributed by atoms with Crippen LogP contribution in [0.25, 0.3) is 0 Å². The Bertz CT molecular complexity index is 801. The van der Waals surface area contributed by atoms with Crippen molar-refractivity contribution in [3.8, 4) is 0 Å². The van der Waals surface area contributed by atoms with Crippen molar-refractivity contribution in [1.29, 1.82) is 0 Å². The van der Waals surface area contributed by atoms with E-state index in [0.29, 0.717) is 0 Å². The van der Waals surface area contributed by atoms with E-state index >= 15 is 0 Å². The fourth-order valence-electron chi connectivity index (χ4n) is 1.67. The predicted octanol–water partition coefficient (Wildman–Crippen LogP) is 9.27. The molecule has 0 saturated heterocycles. The third-order valence-corrected chi connectivity index (χ3v) is 5.33. The van der Waals surface area contributed by atoms with Crippen molar-refractivity contribution in [2.24, 2.45) is 32.5 Å². The predicted molar refractivity (Wildman–Crippen MR) is 164 cm³/mol. The van der Waals surface area contributed by atoms with Crippen molar-refractivity contribution in [3.05, 3.63) is 35.5 Å². The average Bonchev–Trinajstić information content (AvgIpc) is 2.64. The van der Waals surface area contributed by atoms with Crippen LogP contribution in [-0.4, -0.2) is 32.7 Å². The maximum atomic E-state index is 11.5. The van der Waals surface area contributed by atoms with E-state index < -0.39 is 16.2 Å². The topological polar surface area (TPSA) is 112 Å². The molecule has 0 heterocycles. The third kappa shape index (κ3) is 21.3. The van der Waals surface area contributed by atoms with E-state index in [-0.39, 0.29) is 76.7 Å². The number of ketones is 3. The molecule has 1 radical (unpaired) electrons. The summed E-state index contributed by atoms with van der Waals surface area (Å²) in [6.45, 7) is 33.3. The van der Waals surface area contributed by atoms with Gasteiger partial charge in [0.05, 0.1) is 0 Å². The molecule has 231 valence electrons. The summed E-state index contributed by atoms with van der Waals surface area (Å²) in [6, 6.07) is 0. The first-order valence-corrected chi connectivity index (χ1v) is 13.5. The molecule has 0 aromatic rings. The van der Waals surface area contributed by atoms with Crippen LogP contribution >= 0.6 is 0 Å². The minimum Gasteiger partial charge on any atom is -0.512 e. The molecule has 0 aliphatic heterocycles. The van der Waals surface area contributed by atoms with E-state index in [1.165, 1.54) is 18.2 Å². The van der Waals surface area contributed by atoms with Crippen LogP contribution in [0.4, 0.5) is 0 Å². The number of carbonyl (C=O) groups excluding carboxylic acids is 3. The second-order valence-corrected chi connectivity index (χ2v) is 16.2. The maximum absolute atomic E-state index is 11.5. The van der Waals surface area contributed by atoms with Crippen molar-refractivity contribution < 1.29 is 55.5 Å². The van der Waals surface area contributed by atoms with E-state index in [9.17, 15) is 29.7 Å². The normalized spacial score (nSPS) is 14.1. The molecule has 0 aromatic heterocycles. The van der Waals surface area contributed by atoms with Crippen LogP contribution in [0.5, 0.6) is 0 Å². The molecule has 0 atom stereocenters. The first kappa shape index (κ1) is 45.5. The Hall–Kier alpha value is -1.50. The zero-order chi connectivity index (χ0) is 32.6. The van der Waals surface area contributed by atoms with Gasteiger partial charge < -0.3 is 15.3 Å². The van der Waals surface area contributed by atoms with Crippen molar-refractivity contribution in [1.82, 2.24) is 0 Å². The van der Waals surface area contributed by atoms with E-state index in [1.54, 1.807) is 0 Å². The molecular formula is C33H60O6Sc. The van der Waals surface area contributed by atoms with E-state index in [4.69, 9.17) is 0 Å². The largest absolute Gasteiger partial charge is 0.512 e. The number of hydrogen-bond acceptors (Lipinski definition) is 6. The summed E-state index contributed by atoms with van der Waals surface area (Å²) in [5, 5.41) is 28.7. The van der Waals surface area contributed by atoms with Gasteiger partial charge in [-0.15, -0.1) is 0 Å². The number of aliphatic hydroxyl groups excluding tert-OH is 3. The van der Waals surface area contributed by atoms with Gasteiger partial charge in [-0.25, -0.2) is 0 Å². The van der Waals surface area contributed by atoms with Crippen molar-refractivity contribution in [2.45, 2.75) is 125 Å². The fraction of sp³-hybridized carbons (Fsp3) is 0.727. The summed E-state index contributed by atoms with van der Waals surface area (Å²) in [4.78, 5) is 34.5. The third-order valence-electron chi connectivity index (χ3n) is 5.33. The van der Waals surface area contributed by atoms with E-state index in [1.807, 2.05) is 125 Å². The Labute approximate surface area is 264 Å². The fourth-order valence-corrected chi connectivity index (χ4v) is 1.67. The molecule has 0 aliphatic carbocycles. The molecule has 0 unspecified atom stereocenters. The first-order valence-electron chi connectivity index (χ1n) is 13.5. The number of rotatable bonds is 3. The van der Waals surface area contributed by atoms with Gasteiger partial charge in [-0.05, 0) is 0 Å². The van der Waals surface area contributed by atoms with Crippen LogP contribution in [0.2, 0.25) is 0 Å². The van der Waals surface area contributed by atoms with Gasteiger partial charge in [0, 0.05) is 76.6 Å². The van der Waals surface area contributed by atoms with Gasteiger partial charge in [0.2, 0.25) is 0 Å². The summed E-state index contributed by atoms with van der Waals surface area (Å²) in [6.07, 6.45) is 4.00. The summed E-state index contributed by atoms with van der Waals surface area (Å²) < 4.78 is 0.